The monoisotopic (exact) mass is 781 g/mol. The maximum Gasteiger partial charge on any atom is 0.182 e. The molecule has 0 N–H and O–H groups in total. The molecule has 8 nitrogen and oxygen atoms in total. The predicted molar refractivity (Wildman–Crippen MR) is 243 cm³/mol. The van der Waals surface area contributed by atoms with Gasteiger partial charge >= 0.3 is 0 Å². The van der Waals surface area contributed by atoms with E-state index in [-0.39, 0.29) is 0 Å². The van der Waals surface area contributed by atoms with Crippen LogP contribution < -0.4 is 18.8 Å². The van der Waals surface area contributed by atoms with Crippen molar-refractivity contribution in [1.82, 2.24) is 9.29 Å². The second-order valence-corrected chi connectivity index (χ2v) is 17.1. The third kappa shape index (κ3) is 23.6. The van der Waals surface area contributed by atoms with Crippen LogP contribution in [-0.4, -0.2) is 41.4 Å². The first kappa shape index (κ1) is 49.6. The van der Waals surface area contributed by atoms with Crippen molar-refractivity contribution in [2.75, 3.05) is 41.4 Å². The molecule has 0 fully saturated rings. The summed E-state index contributed by atoms with van der Waals surface area (Å²) >= 11 is 0. The number of benzene rings is 2. The molecule has 0 saturated carbocycles. The van der Waals surface area contributed by atoms with Crippen molar-refractivity contribution in [1.29, 1.82) is 0 Å². The van der Waals surface area contributed by atoms with Gasteiger partial charge in [-0.25, -0.2) is 0 Å². The molecule has 0 amide bonds. The van der Waals surface area contributed by atoms with Crippen LogP contribution in [0.4, 0.5) is 22.7 Å². The Labute approximate surface area is 344 Å². The summed E-state index contributed by atoms with van der Waals surface area (Å²) in [6.45, 7) is 5.68. The molecule has 0 atom stereocenters. The van der Waals surface area contributed by atoms with Gasteiger partial charge in [0, 0.05) is 24.3 Å². The minimum Gasteiger partial charge on any atom is -0.628 e. The zero-order valence-corrected chi connectivity index (χ0v) is 37.1. The minimum atomic E-state index is -0.587. The highest BCUT2D eigenvalue weighted by molar-refractivity contribution is 5.63. The average molecular weight is 781 g/mol. The molecular weight excluding hydrogens is 697 g/mol. The largest absolute Gasteiger partial charge is 0.628 e. The van der Waals surface area contributed by atoms with E-state index in [9.17, 15) is 10.4 Å². The van der Waals surface area contributed by atoms with Crippen molar-refractivity contribution < 1.29 is 9.47 Å². The van der Waals surface area contributed by atoms with E-state index in [1.54, 1.807) is 64.6 Å². The first-order chi connectivity index (χ1) is 27.1. The van der Waals surface area contributed by atoms with Gasteiger partial charge in [-0.05, 0) is 25.0 Å². The van der Waals surface area contributed by atoms with Gasteiger partial charge in [0.2, 0.25) is 0 Å². The molecule has 0 aliphatic heterocycles. The lowest BCUT2D eigenvalue weighted by Gasteiger charge is -2.34. The van der Waals surface area contributed by atoms with Crippen LogP contribution >= 0.6 is 0 Å². The highest BCUT2D eigenvalue weighted by Crippen LogP contribution is 2.37. The Bertz CT molecular complexity index is 1190. The maximum atomic E-state index is 12.9. The number of unbranched alkanes of at least 4 members (excludes halogenated alkanes) is 26. The Morgan fingerprint density at radius 2 is 0.643 bits per heavy atom. The van der Waals surface area contributed by atoms with Gasteiger partial charge in [0.05, 0.1) is 52.8 Å². The molecule has 0 spiro atoms. The Kier molecular flexibility index (Phi) is 27.1. The smallest absolute Gasteiger partial charge is 0.182 e. The molecular formula is C48H84N4O4. The first-order valence-electron chi connectivity index (χ1n) is 23.1. The minimum absolute atomic E-state index is 0.550. The summed E-state index contributed by atoms with van der Waals surface area (Å²) in [7, 11) is 6.42. The van der Waals surface area contributed by atoms with Crippen LogP contribution in [0.5, 0.6) is 11.5 Å². The number of hydroxylamine groups is 4. The van der Waals surface area contributed by atoms with Crippen LogP contribution in [0.2, 0.25) is 0 Å². The fourth-order valence-corrected chi connectivity index (χ4v) is 7.32. The molecule has 0 aliphatic rings. The van der Waals surface area contributed by atoms with Crippen molar-refractivity contribution in [3.05, 3.63) is 46.8 Å². The molecule has 0 heterocycles. The standard InChI is InChI=1S/C48H84N4O4/c1-7-9-11-13-15-17-19-21-23-25-27-29-31-33-39-55-47-41-43(35-37-45(47)51(3,4)53)49-50-44-36-38-46(52(5,6)54)48(42-44)56-40-34-32-30-28-26-24-22-20-18-16-14-12-10-8-2/h35-38,41-42H,7-34,39-40H2,1-6H3. The van der Waals surface area contributed by atoms with Gasteiger partial charge in [0.1, 0.15) is 0 Å². The first-order valence-corrected chi connectivity index (χ1v) is 23.1. The Hall–Kier alpha value is -2.52. The fraction of sp³-hybridized carbons (Fsp3) is 0.750. The number of hydrogen-bond donors (Lipinski definition) is 0. The van der Waals surface area contributed by atoms with Gasteiger partial charge in [0.15, 0.2) is 22.9 Å². The SMILES string of the molecule is CCCCCCCCCCCCCCCCOc1cc(N=Nc2ccc([N+](C)(C)[O-])c(OCCCCCCCCCCCCCCCC)c2)ccc1[N+](C)(C)[O-]. The van der Waals surface area contributed by atoms with Gasteiger partial charge in [-0.2, -0.15) is 10.2 Å². The third-order valence-corrected chi connectivity index (χ3v) is 10.8. The summed E-state index contributed by atoms with van der Waals surface area (Å²) in [6.07, 6.45) is 36.6. The summed E-state index contributed by atoms with van der Waals surface area (Å²) in [5, 5.41) is 34.9. The molecule has 2 rings (SSSR count). The number of hydrogen-bond acceptors (Lipinski definition) is 6. The summed E-state index contributed by atoms with van der Waals surface area (Å²) < 4.78 is 11.2. The lowest BCUT2D eigenvalue weighted by atomic mass is 10.0. The summed E-state index contributed by atoms with van der Waals surface area (Å²) in [4.78, 5) is 0. The van der Waals surface area contributed by atoms with Crippen LogP contribution in [0.3, 0.4) is 0 Å². The molecule has 0 unspecified atom stereocenters. The fourth-order valence-electron chi connectivity index (χ4n) is 7.32. The highest BCUT2D eigenvalue weighted by atomic mass is 16.6. The quantitative estimate of drug-likeness (QED) is 0.0298. The summed E-state index contributed by atoms with van der Waals surface area (Å²) in [6, 6.07) is 10.8. The molecule has 0 aromatic heterocycles. The Morgan fingerprint density at radius 3 is 0.893 bits per heavy atom. The van der Waals surface area contributed by atoms with Gasteiger partial charge in [-0.15, -0.1) is 0 Å². The zero-order chi connectivity index (χ0) is 40.7. The zero-order valence-electron chi connectivity index (χ0n) is 37.1. The molecule has 0 radical (unpaired) electrons. The van der Waals surface area contributed by atoms with E-state index in [2.05, 4.69) is 24.1 Å². The van der Waals surface area contributed by atoms with E-state index in [0.29, 0.717) is 47.5 Å². The topological polar surface area (TPSA) is 89.3 Å². The molecule has 56 heavy (non-hydrogen) atoms. The summed E-state index contributed by atoms with van der Waals surface area (Å²) in [5.41, 5.74) is 2.33. The van der Waals surface area contributed by atoms with Crippen molar-refractivity contribution in [2.24, 2.45) is 10.2 Å². The lowest BCUT2D eigenvalue weighted by molar-refractivity contribution is 0.298. The second kappa shape index (κ2) is 30.5. The summed E-state index contributed by atoms with van der Waals surface area (Å²) in [5.74, 6) is 1.10. The van der Waals surface area contributed by atoms with Crippen LogP contribution in [0, 0.1) is 10.4 Å². The number of quaternary nitrogens is 2. The maximum absolute atomic E-state index is 12.9. The highest BCUT2D eigenvalue weighted by Gasteiger charge is 2.18. The Morgan fingerprint density at radius 1 is 0.393 bits per heavy atom. The number of ether oxygens (including phenoxy) is 2. The lowest BCUT2D eigenvalue weighted by Crippen LogP contribution is -2.32. The van der Waals surface area contributed by atoms with Crippen LogP contribution in [0.15, 0.2) is 46.6 Å². The van der Waals surface area contributed by atoms with E-state index in [4.69, 9.17) is 9.47 Å². The van der Waals surface area contributed by atoms with Crippen molar-refractivity contribution in [2.45, 2.75) is 194 Å². The molecule has 0 saturated heterocycles. The van der Waals surface area contributed by atoms with E-state index in [1.165, 1.54) is 154 Å². The average Bonchev–Trinajstić information content (AvgIpc) is 3.16. The number of rotatable bonds is 36. The van der Waals surface area contributed by atoms with Crippen molar-refractivity contribution in [3.63, 3.8) is 0 Å². The van der Waals surface area contributed by atoms with E-state index >= 15 is 0 Å². The van der Waals surface area contributed by atoms with E-state index in [1.807, 2.05) is 0 Å². The molecule has 0 aliphatic carbocycles. The third-order valence-electron chi connectivity index (χ3n) is 10.8. The molecule has 2 aromatic rings. The normalized spacial score (nSPS) is 12.2. The number of azo groups is 1. The van der Waals surface area contributed by atoms with Crippen LogP contribution in [-0.2, 0) is 0 Å². The van der Waals surface area contributed by atoms with E-state index in [0.717, 1.165) is 25.7 Å². The van der Waals surface area contributed by atoms with Gasteiger partial charge in [-0.1, -0.05) is 181 Å². The molecule has 0 bridgehead atoms. The molecule has 2 aromatic carbocycles. The number of nitrogens with zero attached hydrogens (tertiary/aromatic N) is 4. The van der Waals surface area contributed by atoms with Gasteiger partial charge in [-0.3, -0.25) is 0 Å². The van der Waals surface area contributed by atoms with Gasteiger partial charge in [0.25, 0.3) is 0 Å². The molecule has 8 heteroatoms. The van der Waals surface area contributed by atoms with Gasteiger partial charge < -0.3 is 29.2 Å². The van der Waals surface area contributed by atoms with Crippen molar-refractivity contribution >= 4 is 22.7 Å². The van der Waals surface area contributed by atoms with Crippen LogP contribution in [0.1, 0.15) is 194 Å². The Balaban J connectivity index is 1.78. The van der Waals surface area contributed by atoms with E-state index < -0.39 is 9.29 Å². The van der Waals surface area contributed by atoms with Crippen LogP contribution in [0.25, 0.3) is 0 Å². The second-order valence-electron chi connectivity index (χ2n) is 17.1. The predicted octanol–water partition coefficient (Wildman–Crippen LogP) is 16.0. The van der Waals surface area contributed by atoms with Crippen molar-refractivity contribution in [3.8, 4) is 11.5 Å². The molecule has 320 valence electrons.